The third-order valence-corrected chi connectivity index (χ3v) is 23.9. The lowest BCUT2D eigenvalue weighted by atomic mass is 10.1. The Morgan fingerprint density at radius 3 is 0.949 bits per heavy atom. The summed E-state index contributed by atoms with van der Waals surface area (Å²) in [5, 5.41) is 6.49. The van der Waals surface area contributed by atoms with Crippen LogP contribution in [0.3, 0.4) is 0 Å². The van der Waals surface area contributed by atoms with Gasteiger partial charge in [-0.3, -0.25) is 42.5 Å². The summed E-state index contributed by atoms with van der Waals surface area (Å²) in [5.41, 5.74) is 18.1. The number of hydrogen-bond acceptors (Lipinski definition) is 15. The minimum atomic E-state index is -0.0515. The van der Waals surface area contributed by atoms with Crippen LogP contribution in [0, 0.1) is 78.0 Å². The predicted molar refractivity (Wildman–Crippen MR) is 542 cm³/mol. The van der Waals surface area contributed by atoms with Gasteiger partial charge in [0.1, 0.15) is 17.5 Å². The molecule has 0 amide bonds. The first kappa shape index (κ1) is 92.5. The Morgan fingerprint density at radius 1 is 0.301 bits per heavy atom. The van der Waals surface area contributed by atoms with Gasteiger partial charge in [-0.05, 0) is 232 Å². The van der Waals surface area contributed by atoms with Crippen LogP contribution in [0.1, 0.15) is 153 Å². The van der Waals surface area contributed by atoms with E-state index in [4.69, 9.17) is 14.7 Å². The fraction of sp³-hybridized carbons (Fsp3) is 0.191. The Balaban J connectivity index is 0.000000119. The van der Waals surface area contributed by atoms with Crippen LogP contribution in [0.2, 0.25) is 0 Å². The van der Waals surface area contributed by atoms with Gasteiger partial charge in [-0.2, -0.15) is 0 Å². The Morgan fingerprint density at radius 2 is 0.603 bits per heavy atom. The van der Waals surface area contributed by atoms with Crippen molar-refractivity contribution in [3.63, 3.8) is 0 Å². The number of thiazole rings is 1. The maximum atomic E-state index is 12.8. The number of nitrogens with zero attached hydrogens (tertiary/aromatic N) is 13. The van der Waals surface area contributed by atoms with Crippen LogP contribution < -0.4 is 33.4 Å². The highest BCUT2D eigenvalue weighted by molar-refractivity contribution is 7.10. The average molecular weight is 1800 g/mol. The fourth-order valence-electron chi connectivity index (χ4n) is 15.5. The molecule has 10 heterocycles. The minimum Gasteiger partial charge on any atom is -0.379 e. The second-order valence-electron chi connectivity index (χ2n) is 32.8. The quantitative estimate of drug-likeness (QED) is 0.147. The second-order valence-corrected chi connectivity index (χ2v) is 33.7. The van der Waals surface area contributed by atoms with E-state index in [0.29, 0.717) is 80.6 Å². The zero-order valence-electron chi connectivity index (χ0n) is 76.4. The maximum absolute atomic E-state index is 12.8. The van der Waals surface area contributed by atoms with Crippen molar-refractivity contribution in [1.82, 2.24) is 62.3 Å². The van der Waals surface area contributed by atoms with E-state index in [-0.39, 0.29) is 33.4 Å². The standard InChI is InChI=1S/C23H22N2O.C21H18N2O2.C21H18N2O.C19H16N2O.C17H12N2O.C14H9N3OS/c1-2-17-7-9-18(10-8-17)11-12-19-13-14-20-21(16-19)24-22-6-4-3-5-15-25(22)23(20)26;1-15-2-4-16(5-3-15)6-7-17-8-9-18-19(14-17)22-20-10-12-25-13-11-23(20)21(18)24;24-21-18-13-12-17(11-10-16-7-3-1-4-8-16)15-19(18)22-20-9-5-2-6-14-23(20)21;1-3-14-4-6-15(7-5-14)8-9-16-10-11-17-18(12-16)20-13-21(2)19(17)22;1-19-12-18-16-11-14(9-10-15(16)17(19)20)8-7-13-5-3-2-4-6-13;1-17-9-16-12-8-10(2-4-11(12)14(17)18)3-5-13-15-6-7-19-13/h7-10,13-14,16H,2-6,15H2,1H3;2-5,8-9,14H,10-13H2,1H3;1,3-4,7-8,12-13,15H,2,5-6,9,14H2;4-7,10-13H,3H2,1-2H3;2-6,9-12H,1H3;2,4,6-9H,1H3. The van der Waals surface area contributed by atoms with Crippen molar-refractivity contribution < 1.29 is 4.74 Å². The van der Waals surface area contributed by atoms with Crippen molar-refractivity contribution >= 4 is 76.8 Å². The molecule has 0 unspecified atom stereocenters. The Labute approximate surface area is 790 Å². The van der Waals surface area contributed by atoms with Crippen molar-refractivity contribution in [3.8, 4) is 71.0 Å². The molecule has 668 valence electrons. The smallest absolute Gasteiger partial charge is 0.261 e. The highest BCUT2D eigenvalue weighted by atomic mass is 32.1. The van der Waals surface area contributed by atoms with Gasteiger partial charge in [0.25, 0.3) is 33.4 Å². The fourth-order valence-corrected chi connectivity index (χ4v) is 16.0. The van der Waals surface area contributed by atoms with Crippen LogP contribution in [0.15, 0.2) is 302 Å². The highest BCUT2D eigenvalue weighted by Crippen LogP contribution is 2.22. The van der Waals surface area contributed by atoms with Gasteiger partial charge in [0.05, 0.1) is 104 Å². The van der Waals surface area contributed by atoms with E-state index in [1.54, 1.807) is 50.1 Å². The normalized spacial score (nSPS) is 12.1. The van der Waals surface area contributed by atoms with Gasteiger partial charge >= 0.3 is 0 Å². The second kappa shape index (κ2) is 44.4. The largest absolute Gasteiger partial charge is 0.379 e. The van der Waals surface area contributed by atoms with Crippen molar-refractivity contribution in [2.45, 2.75) is 111 Å². The first-order valence-corrected chi connectivity index (χ1v) is 46.2. The van der Waals surface area contributed by atoms with Gasteiger partial charge in [0.2, 0.25) is 0 Å². The molecule has 0 saturated carbocycles. The number of aromatic nitrogens is 13. The Hall–Kier alpha value is -16.8. The number of rotatable bonds is 2. The molecule has 136 heavy (non-hydrogen) atoms. The Kier molecular flexibility index (Phi) is 30.2. The monoisotopic (exact) mass is 1800 g/mol. The molecule has 18 aromatic rings. The average Bonchev–Trinajstić information content (AvgIpc) is 1.31. The van der Waals surface area contributed by atoms with Crippen LogP contribution in [-0.4, -0.2) is 75.5 Å². The summed E-state index contributed by atoms with van der Waals surface area (Å²) in [4.78, 5) is 105. The molecular weight excluding hydrogens is 1710 g/mol. The molecule has 0 atom stereocenters. The molecule has 0 saturated heterocycles. The summed E-state index contributed by atoms with van der Waals surface area (Å²) in [6.45, 7) is 9.62. The van der Waals surface area contributed by atoms with Crippen LogP contribution in [0.25, 0.3) is 65.4 Å². The third kappa shape index (κ3) is 23.6. The van der Waals surface area contributed by atoms with E-state index in [1.807, 2.05) is 203 Å². The van der Waals surface area contributed by atoms with Gasteiger partial charge < -0.3 is 18.4 Å². The highest BCUT2D eigenvalue weighted by Gasteiger charge is 2.18. The van der Waals surface area contributed by atoms with Crippen molar-refractivity contribution in [2.75, 3.05) is 13.2 Å². The van der Waals surface area contributed by atoms with Gasteiger partial charge in [0.15, 0.2) is 5.01 Å². The molecule has 3 aliphatic rings. The summed E-state index contributed by atoms with van der Waals surface area (Å²) in [7, 11) is 5.07. The summed E-state index contributed by atoms with van der Waals surface area (Å²) in [6.07, 6.45) is 17.4. The number of fused-ring (bicyclic) bond motifs is 9. The van der Waals surface area contributed by atoms with Gasteiger partial charge in [0, 0.05) is 126 Å². The zero-order valence-corrected chi connectivity index (χ0v) is 77.2. The van der Waals surface area contributed by atoms with Crippen molar-refractivity contribution in [2.24, 2.45) is 21.1 Å². The number of ether oxygens (including phenoxy) is 1. The number of aryl methyl sites for hydroxylation is 8. The first-order valence-electron chi connectivity index (χ1n) is 45.3. The molecule has 0 bridgehead atoms. The molecule has 0 N–H and O–H groups in total. The van der Waals surface area contributed by atoms with Gasteiger partial charge in [-0.15, -0.1) is 11.3 Å². The van der Waals surface area contributed by atoms with E-state index >= 15 is 0 Å². The SMILES string of the molecule is CCc1ccc(C#Cc2ccc3c(=O)n(C)cnc3c2)cc1.CCc1ccc(C#Cc2ccc3c(=O)n4c(nc3c2)CCCCC4)cc1.Cc1ccc(C#Cc2ccc3c(=O)n4c(nc3c2)CCOCC4)cc1.Cn1cnc2cc(C#Cc3ccccc3)ccc2c1=O.Cn1cnc2cc(C#Cc3nccs3)ccc2c1=O.O=c1c2ccc(C#Cc3ccccc3)cc2nc2n1CCCCC2. The van der Waals surface area contributed by atoms with E-state index in [2.05, 4.69) is 153 Å². The zero-order chi connectivity index (χ0) is 94.2. The van der Waals surface area contributed by atoms with E-state index in [9.17, 15) is 28.8 Å². The van der Waals surface area contributed by atoms with Crippen LogP contribution in [0.5, 0.6) is 0 Å². The van der Waals surface area contributed by atoms with Crippen molar-refractivity contribution in [3.05, 3.63) is 436 Å². The molecule has 0 aliphatic carbocycles. The predicted octanol–water partition coefficient (Wildman–Crippen LogP) is 17.3. The summed E-state index contributed by atoms with van der Waals surface area (Å²) < 4.78 is 15.3. The molecule has 7 aromatic heterocycles. The molecule has 20 nitrogen and oxygen atoms in total. The van der Waals surface area contributed by atoms with Gasteiger partial charge in [-0.25, -0.2) is 34.9 Å². The molecule has 3 aliphatic heterocycles. The van der Waals surface area contributed by atoms with Crippen LogP contribution in [-0.2, 0) is 77.6 Å². The maximum Gasteiger partial charge on any atom is 0.261 e. The lowest BCUT2D eigenvalue weighted by molar-refractivity contribution is 0.140. The topological polar surface area (TPSA) is 231 Å². The molecular formula is C115H95N13O7S. The molecule has 0 fully saturated rings. The van der Waals surface area contributed by atoms with E-state index in [1.165, 1.54) is 60.7 Å². The lowest BCUT2D eigenvalue weighted by Gasteiger charge is -2.10. The minimum absolute atomic E-state index is 0.00328. The third-order valence-electron chi connectivity index (χ3n) is 23.2. The molecule has 21 heteroatoms. The lowest BCUT2D eigenvalue weighted by Crippen LogP contribution is -2.25. The summed E-state index contributed by atoms with van der Waals surface area (Å²) in [5.74, 6) is 40.1. The van der Waals surface area contributed by atoms with Crippen LogP contribution in [0.4, 0.5) is 0 Å². The van der Waals surface area contributed by atoms with E-state index < -0.39 is 0 Å². The molecule has 0 spiro atoms. The van der Waals surface area contributed by atoms with Crippen LogP contribution >= 0.6 is 11.3 Å². The van der Waals surface area contributed by atoms with Crippen molar-refractivity contribution in [1.29, 1.82) is 0 Å². The molecule has 11 aromatic carbocycles. The molecule has 21 rings (SSSR count). The van der Waals surface area contributed by atoms with Gasteiger partial charge in [-0.1, -0.05) is 170 Å². The Bertz CT molecular complexity index is 8340. The van der Waals surface area contributed by atoms with E-state index in [0.717, 1.165) is 172 Å². The number of hydrogen-bond donors (Lipinski definition) is 0. The summed E-state index contributed by atoms with van der Waals surface area (Å²) >= 11 is 1.50. The number of benzene rings is 11. The first-order chi connectivity index (χ1) is 66.4. The summed E-state index contributed by atoms with van der Waals surface area (Å²) in [6, 6.07) is 77.8. The molecule has 0 radical (unpaired) electrons.